The van der Waals surface area contributed by atoms with Crippen LogP contribution >= 0.6 is 11.5 Å². The van der Waals surface area contributed by atoms with Crippen molar-refractivity contribution in [2.24, 2.45) is 0 Å². The van der Waals surface area contributed by atoms with Gasteiger partial charge in [0, 0.05) is 37.6 Å². The Morgan fingerprint density at radius 2 is 1.91 bits per heavy atom. The van der Waals surface area contributed by atoms with Crippen LogP contribution < -0.4 is 10.2 Å². The molecule has 1 aromatic carbocycles. The van der Waals surface area contributed by atoms with Crippen LogP contribution in [0.5, 0.6) is 0 Å². The van der Waals surface area contributed by atoms with E-state index in [2.05, 4.69) is 43.9 Å². The van der Waals surface area contributed by atoms with Gasteiger partial charge in [-0.3, -0.25) is 4.79 Å². The van der Waals surface area contributed by atoms with Crippen LogP contribution in [0.3, 0.4) is 0 Å². The fourth-order valence-corrected chi connectivity index (χ4v) is 3.27. The monoisotopic (exact) mass is 331 g/mol. The molecular formula is C16H21N5OS. The lowest BCUT2D eigenvalue weighted by Crippen LogP contribution is -2.44. The molecule has 6 nitrogen and oxygen atoms in total. The van der Waals surface area contributed by atoms with Gasteiger partial charge in [0.2, 0.25) is 0 Å². The molecule has 7 heteroatoms. The van der Waals surface area contributed by atoms with E-state index >= 15 is 0 Å². The van der Waals surface area contributed by atoms with Crippen LogP contribution in [0, 0.1) is 0 Å². The number of carbonyl (C=O) groups is 1. The lowest BCUT2D eigenvalue weighted by atomic mass is 10.2. The Morgan fingerprint density at radius 3 is 2.57 bits per heavy atom. The van der Waals surface area contributed by atoms with E-state index in [1.54, 1.807) is 0 Å². The Kier molecular flexibility index (Phi) is 4.88. The summed E-state index contributed by atoms with van der Waals surface area (Å²) in [6, 6.07) is 8.02. The highest BCUT2D eigenvalue weighted by molar-refractivity contribution is 7.08. The van der Waals surface area contributed by atoms with Crippen molar-refractivity contribution in [1.29, 1.82) is 0 Å². The molecule has 0 spiro atoms. The van der Waals surface area contributed by atoms with Gasteiger partial charge in [-0.1, -0.05) is 11.4 Å². The molecule has 0 aliphatic carbocycles. The van der Waals surface area contributed by atoms with Crippen LogP contribution in [-0.2, 0) is 6.42 Å². The number of aryl methyl sites for hydroxylation is 1. The zero-order chi connectivity index (χ0) is 16.2. The first-order valence-electron chi connectivity index (χ1n) is 7.83. The molecule has 23 heavy (non-hydrogen) atoms. The maximum Gasteiger partial charge on any atom is 0.269 e. The minimum absolute atomic E-state index is 0.135. The summed E-state index contributed by atoms with van der Waals surface area (Å²) in [4.78, 5) is 17.6. The number of nitrogens with zero attached hydrogens (tertiary/aromatic N) is 4. The van der Waals surface area contributed by atoms with Crippen molar-refractivity contribution in [2.45, 2.75) is 13.3 Å². The largest absolute Gasteiger partial charge is 0.369 e. The lowest BCUT2D eigenvalue weighted by molar-refractivity contribution is 0.102. The van der Waals surface area contributed by atoms with E-state index in [1.165, 1.54) is 5.69 Å². The summed E-state index contributed by atoms with van der Waals surface area (Å²) in [5.74, 6) is -0.135. The van der Waals surface area contributed by atoms with Crippen LogP contribution in [-0.4, -0.2) is 53.6 Å². The lowest BCUT2D eigenvalue weighted by Gasteiger charge is -2.34. The summed E-state index contributed by atoms with van der Waals surface area (Å²) < 4.78 is 3.86. The molecule has 0 atom stereocenters. The molecule has 1 amide bonds. The van der Waals surface area contributed by atoms with Gasteiger partial charge in [0.05, 0.1) is 5.69 Å². The summed E-state index contributed by atoms with van der Waals surface area (Å²) in [6.45, 7) is 6.20. The third-order valence-corrected chi connectivity index (χ3v) is 4.86. The zero-order valence-corrected chi connectivity index (χ0v) is 14.3. The first-order valence-corrected chi connectivity index (χ1v) is 8.61. The number of likely N-dealkylation sites (N-methyl/N-ethyl adjacent to an activating group) is 1. The standard InChI is InChI=1S/C16H21N5OS/c1-3-14-15(23-19-18-14)16(22)17-12-4-6-13(7-5-12)21-10-8-20(2)9-11-21/h4-7H,3,8-11H2,1-2H3,(H,17,22). The Morgan fingerprint density at radius 1 is 1.22 bits per heavy atom. The molecule has 0 radical (unpaired) electrons. The minimum Gasteiger partial charge on any atom is -0.369 e. The molecule has 1 saturated heterocycles. The van der Waals surface area contributed by atoms with Crippen LogP contribution in [0.2, 0.25) is 0 Å². The van der Waals surface area contributed by atoms with Crippen molar-refractivity contribution in [1.82, 2.24) is 14.5 Å². The Hall–Kier alpha value is -1.99. The molecule has 0 bridgehead atoms. The van der Waals surface area contributed by atoms with Crippen molar-refractivity contribution in [2.75, 3.05) is 43.4 Å². The molecular weight excluding hydrogens is 310 g/mol. The number of carbonyl (C=O) groups excluding carboxylic acids is 1. The summed E-state index contributed by atoms with van der Waals surface area (Å²) in [6.07, 6.45) is 0.710. The molecule has 1 aliphatic rings. The Balaban J connectivity index is 1.64. The predicted octanol–water partition coefficient (Wildman–Crippen LogP) is 2.10. The van der Waals surface area contributed by atoms with Gasteiger partial charge >= 0.3 is 0 Å². The molecule has 0 unspecified atom stereocenters. The highest BCUT2D eigenvalue weighted by Crippen LogP contribution is 2.20. The van der Waals surface area contributed by atoms with Crippen LogP contribution in [0.4, 0.5) is 11.4 Å². The van der Waals surface area contributed by atoms with Crippen molar-refractivity contribution in [3.8, 4) is 0 Å². The minimum atomic E-state index is -0.135. The normalized spacial score (nSPS) is 15.7. The number of hydrogen-bond acceptors (Lipinski definition) is 6. The van der Waals surface area contributed by atoms with E-state index in [4.69, 9.17) is 0 Å². The molecule has 1 N–H and O–H groups in total. The van der Waals surface area contributed by atoms with Gasteiger partial charge in [0.15, 0.2) is 0 Å². The van der Waals surface area contributed by atoms with E-state index in [9.17, 15) is 4.79 Å². The number of hydrogen-bond donors (Lipinski definition) is 1. The van der Waals surface area contributed by atoms with Gasteiger partial charge < -0.3 is 15.1 Å². The van der Waals surface area contributed by atoms with Crippen LogP contribution in [0.25, 0.3) is 0 Å². The average Bonchev–Trinajstić information content (AvgIpc) is 3.05. The number of amides is 1. The SMILES string of the molecule is CCc1nnsc1C(=O)Nc1ccc(N2CCN(C)CC2)cc1. The van der Waals surface area contributed by atoms with Crippen molar-refractivity contribution >= 4 is 28.8 Å². The quantitative estimate of drug-likeness (QED) is 0.930. The molecule has 1 fully saturated rings. The summed E-state index contributed by atoms with van der Waals surface area (Å²) in [5, 5.41) is 6.90. The average molecular weight is 331 g/mol. The fourth-order valence-electron chi connectivity index (χ4n) is 2.62. The third-order valence-electron chi connectivity index (χ3n) is 4.09. The van der Waals surface area contributed by atoms with Gasteiger partial charge in [-0.25, -0.2) is 0 Å². The fraction of sp³-hybridized carbons (Fsp3) is 0.438. The summed E-state index contributed by atoms with van der Waals surface area (Å²) in [5.41, 5.74) is 2.75. The van der Waals surface area contributed by atoms with E-state index in [-0.39, 0.29) is 5.91 Å². The Labute approximate surface area is 140 Å². The summed E-state index contributed by atoms with van der Waals surface area (Å²) in [7, 11) is 2.15. The predicted molar refractivity (Wildman–Crippen MR) is 93.4 cm³/mol. The van der Waals surface area contributed by atoms with Gasteiger partial charge in [0.25, 0.3) is 5.91 Å². The molecule has 122 valence electrons. The van der Waals surface area contributed by atoms with E-state index in [0.29, 0.717) is 11.3 Å². The molecule has 2 heterocycles. The maximum absolute atomic E-state index is 12.3. The number of nitrogens with one attached hydrogen (secondary N) is 1. The molecule has 1 aromatic heterocycles. The molecule has 0 saturated carbocycles. The second kappa shape index (κ2) is 7.06. The second-order valence-corrected chi connectivity index (χ2v) is 6.45. The van der Waals surface area contributed by atoms with Crippen LogP contribution in [0.15, 0.2) is 24.3 Å². The molecule has 2 aromatic rings. The van der Waals surface area contributed by atoms with Crippen molar-refractivity contribution in [3.05, 3.63) is 34.8 Å². The highest BCUT2D eigenvalue weighted by Gasteiger charge is 2.16. The maximum atomic E-state index is 12.3. The van der Waals surface area contributed by atoms with Gasteiger partial charge in [-0.2, -0.15) is 0 Å². The zero-order valence-electron chi connectivity index (χ0n) is 13.5. The van der Waals surface area contributed by atoms with Gasteiger partial charge in [0.1, 0.15) is 4.88 Å². The topological polar surface area (TPSA) is 61.4 Å². The number of aromatic nitrogens is 2. The van der Waals surface area contributed by atoms with E-state index in [0.717, 1.165) is 49.1 Å². The number of anilines is 2. The smallest absolute Gasteiger partial charge is 0.269 e. The number of benzene rings is 1. The van der Waals surface area contributed by atoms with Gasteiger partial charge in [-0.15, -0.1) is 5.10 Å². The van der Waals surface area contributed by atoms with Crippen molar-refractivity contribution in [3.63, 3.8) is 0 Å². The van der Waals surface area contributed by atoms with Crippen LogP contribution in [0.1, 0.15) is 22.3 Å². The Bertz CT molecular complexity index is 661. The second-order valence-electron chi connectivity index (χ2n) is 5.69. The van der Waals surface area contributed by atoms with Gasteiger partial charge in [-0.05, 0) is 49.3 Å². The first-order chi connectivity index (χ1) is 11.2. The molecule has 1 aliphatic heterocycles. The third kappa shape index (κ3) is 3.68. The number of piperazine rings is 1. The first kappa shape index (κ1) is 15.9. The summed E-state index contributed by atoms with van der Waals surface area (Å²) >= 11 is 1.14. The molecule has 3 rings (SSSR count). The highest BCUT2D eigenvalue weighted by atomic mass is 32.1. The van der Waals surface area contributed by atoms with E-state index < -0.39 is 0 Å². The number of rotatable bonds is 4. The van der Waals surface area contributed by atoms with E-state index in [1.807, 2.05) is 19.1 Å². The van der Waals surface area contributed by atoms with Crippen molar-refractivity contribution < 1.29 is 4.79 Å².